The Morgan fingerprint density at radius 2 is 1.88 bits per heavy atom. The number of halogens is 1. The van der Waals surface area contributed by atoms with Crippen LogP contribution in [-0.2, 0) is 21.4 Å². The molecule has 0 heterocycles. The summed E-state index contributed by atoms with van der Waals surface area (Å²) in [7, 11) is -1.88. The van der Waals surface area contributed by atoms with E-state index in [9.17, 15) is 17.6 Å². The van der Waals surface area contributed by atoms with E-state index in [1.807, 2.05) is 20.0 Å². The minimum absolute atomic E-state index is 0.0269. The van der Waals surface area contributed by atoms with E-state index in [1.165, 1.54) is 24.3 Å². The van der Waals surface area contributed by atoms with Crippen LogP contribution < -0.4 is 15.4 Å². The number of sulfonamides is 1. The molecule has 8 heteroatoms. The summed E-state index contributed by atoms with van der Waals surface area (Å²) in [4.78, 5) is 13.1. The van der Waals surface area contributed by atoms with E-state index in [-0.39, 0.29) is 29.2 Å². The normalized spacial score (nSPS) is 13.8. The minimum Gasteiger partial charge on any atom is -0.345 e. The van der Waals surface area contributed by atoms with E-state index >= 15 is 0 Å². The maximum Gasteiger partial charge on any atom is 0.275 e. The average molecular weight is 380 g/mol. The van der Waals surface area contributed by atoms with Crippen molar-refractivity contribution < 1.29 is 22.5 Å². The molecule has 0 saturated heterocycles. The first-order valence-electron chi connectivity index (χ1n) is 8.13. The summed E-state index contributed by atoms with van der Waals surface area (Å²) in [5.41, 5.74) is 1.59. The third-order valence-electron chi connectivity index (χ3n) is 3.94. The Bertz CT molecular complexity index is 870. The second kappa shape index (κ2) is 8.39. The van der Waals surface area contributed by atoms with Crippen molar-refractivity contribution in [3.63, 3.8) is 0 Å². The summed E-state index contributed by atoms with van der Waals surface area (Å²) in [5.74, 6) is -0.446. The van der Waals surface area contributed by atoms with Crippen molar-refractivity contribution >= 4 is 15.9 Å². The van der Waals surface area contributed by atoms with Crippen molar-refractivity contribution in [1.82, 2.24) is 5.32 Å². The number of amides is 1. The third-order valence-corrected chi connectivity index (χ3v) is 4.87. The number of quaternary nitrogens is 1. The summed E-state index contributed by atoms with van der Waals surface area (Å²) >= 11 is 0. The summed E-state index contributed by atoms with van der Waals surface area (Å²) < 4.78 is 35.7. The molecule has 0 aromatic heterocycles. The van der Waals surface area contributed by atoms with Gasteiger partial charge in [0.2, 0.25) is 10.0 Å². The Kier molecular flexibility index (Phi) is 6.47. The average Bonchev–Trinajstić information content (AvgIpc) is 2.53. The van der Waals surface area contributed by atoms with Gasteiger partial charge in [0, 0.05) is 5.56 Å². The molecule has 0 radical (unpaired) electrons. The number of carbonyl (C=O) groups excluding carboxylic acids is 1. The van der Waals surface area contributed by atoms with Crippen molar-refractivity contribution in [1.29, 1.82) is 0 Å². The summed E-state index contributed by atoms with van der Waals surface area (Å²) in [5, 5.41) is 7.94. The SMILES string of the molecule is C[C@@H](NC(=O)C[NH+](C)Cc1cccc(F)c1)c1ccc(S(N)(=O)=O)cc1. The summed E-state index contributed by atoms with van der Waals surface area (Å²) in [6.45, 7) is 2.57. The molecular formula is C18H23FN3O3S+. The van der Waals surface area contributed by atoms with Gasteiger partial charge in [0.15, 0.2) is 6.54 Å². The lowest BCUT2D eigenvalue weighted by atomic mass is 10.1. The fourth-order valence-electron chi connectivity index (χ4n) is 2.65. The van der Waals surface area contributed by atoms with Gasteiger partial charge in [0.1, 0.15) is 12.4 Å². The van der Waals surface area contributed by atoms with Crippen molar-refractivity contribution in [2.75, 3.05) is 13.6 Å². The number of hydrogen-bond acceptors (Lipinski definition) is 3. The molecule has 2 aromatic rings. The van der Waals surface area contributed by atoms with Crippen LogP contribution in [0.5, 0.6) is 0 Å². The molecule has 26 heavy (non-hydrogen) atoms. The number of carbonyl (C=O) groups is 1. The highest BCUT2D eigenvalue weighted by Crippen LogP contribution is 2.15. The van der Waals surface area contributed by atoms with Crippen molar-refractivity contribution in [3.8, 4) is 0 Å². The molecule has 0 bridgehead atoms. The maximum absolute atomic E-state index is 13.2. The van der Waals surface area contributed by atoms with Crippen LogP contribution >= 0.6 is 0 Å². The van der Waals surface area contributed by atoms with Gasteiger partial charge < -0.3 is 10.2 Å². The first-order chi connectivity index (χ1) is 12.1. The molecule has 2 aromatic carbocycles. The fraction of sp³-hybridized carbons (Fsp3) is 0.278. The molecule has 0 saturated carbocycles. The molecule has 0 aliphatic carbocycles. The summed E-state index contributed by atoms with van der Waals surface area (Å²) in [6.07, 6.45) is 0. The molecule has 4 N–H and O–H groups in total. The lowest BCUT2D eigenvalue weighted by molar-refractivity contribution is -0.885. The molecule has 140 valence electrons. The van der Waals surface area contributed by atoms with E-state index in [4.69, 9.17) is 5.14 Å². The van der Waals surface area contributed by atoms with Gasteiger partial charge >= 0.3 is 0 Å². The highest BCUT2D eigenvalue weighted by molar-refractivity contribution is 7.89. The van der Waals surface area contributed by atoms with Gasteiger partial charge in [-0.1, -0.05) is 24.3 Å². The molecule has 2 atom stereocenters. The topological polar surface area (TPSA) is 93.7 Å². The van der Waals surface area contributed by atoms with Crippen LogP contribution in [0.2, 0.25) is 0 Å². The van der Waals surface area contributed by atoms with Crippen LogP contribution in [0.15, 0.2) is 53.4 Å². The minimum atomic E-state index is -3.73. The zero-order valence-corrected chi connectivity index (χ0v) is 15.5. The van der Waals surface area contributed by atoms with Gasteiger partial charge in [-0.2, -0.15) is 0 Å². The lowest BCUT2D eigenvalue weighted by Gasteiger charge is -2.17. The highest BCUT2D eigenvalue weighted by atomic mass is 32.2. The van der Waals surface area contributed by atoms with E-state index < -0.39 is 10.0 Å². The quantitative estimate of drug-likeness (QED) is 0.648. The Labute approximate surface area is 152 Å². The number of nitrogens with one attached hydrogen (secondary N) is 2. The molecule has 0 aliphatic heterocycles. The Morgan fingerprint density at radius 3 is 2.46 bits per heavy atom. The van der Waals surface area contributed by atoms with E-state index in [1.54, 1.807) is 18.2 Å². The van der Waals surface area contributed by atoms with E-state index in [0.29, 0.717) is 6.54 Å². The van der Waals surface area contributed by atoms with Gasteiger partial charge in [-0.25, -0.2) is 17.9 Å². The van der Waals surface area contributed by atoms with Gasteiger partial charge in [-0.3, -0.25) is 4.79 Å². The molecule has 6 nitrogen and oxygen atoms in total. The molecule has 0 fully saturated rings. The fourth-order valence-corrected chi connectivity index (χ4v) is 3.17. The van der Waals surface area contributed by atoms with Crippen molar-refractivity contribution in [3.05, 3.63) is 65.5 Å². The number of nitrogens with two attached hydrogens (primary N) is 1. The first kappa shape index (κ1) is 20.0. The molecule has 1 unspecified atom stereocenters. The number of primary sulfonamides is 1. The second-order valence-electron chi connectivity index (χ2n) is 6.34. The van der Waals surface area contributed by atoms with Crippen LogP contribution in [-0.4, -0.2) is 27.9 Å². The van der Waals surface area contributed by atoms with Crippen LogP contribution in [0.3, 0.4) is 0 Å². The molecule has 0 aliphatic rings. The zero-order chi connectivity index (χ0) is 19.3. The summed E-state index contributed by atoms with van der Waals surface area (Å²) in [6, 6.07) is 12.1. The second-order valence-corrected chi connectivity index (χ2v) is 7.91. The number of likely N-dealkylation sites (N-methyl/N-ethyl adjacent to an activating group) is 1. The van der Waals surface area contributed by atoms with E-state index in [2.05, 4.69) is 5.32 Å². The standard InChI is InChI=1S/C18H22FN3O3S/c1-13(15-6-8-17(9-7-15)26(20,24)25)21-18(23)12-22(2)11-14-4-3-5-16(19)10-14/h3-10,13H,11-12H2,1-2H3,(H,21,23)(H2,20,24,25)/p+1/t13-/m1/s1. The smallest absolute Gasteiger partial charge is 0.275 e. The molecule has 1 amide bonds. The Hall–Kier alpha value is -2.29. The number of hydrogen-bond donors (Lipinski definition) is 3. The van der Waals surface area contributed by atoms with E-state index in [0.717, 1.165) is 16.0 Å². The van der Waals surface area contributed by atoms with Gasteiger partial charge in [-0.05, 0) is 36.8 Å². The predicted molar refractivity (Wildman–Crippen MR) is 96.2 cm³/mol. The Morgan fingerprint density at radius 1 is 1.23 bits per heavy atom. The van der Waals surface area contributed by atoms with Crippen LogP contribution in [0.4, 0.5) is 4.39 Å². The largest absolute Gasteiger partial charge is 0.345 e. The lowest BCUT2D eigenvalue weighted by Crippen LogP contribution is -3.08. The van der Waals surface area contributed by atoms with Crippen LogP contribution in [0.25, 0.3) is 0 Å². The molecule has 2 rings (SSSR count). The first-order valence-corrected chi connectivity index (χ1v) is 9.67. The van der Waals surface area contributed by atoms with Crippen molar-refractivity contribution in [2.24, 2.45) is 5.14 Å². The monoisotopic (exact) mass is 380 g/mol. The van der Waals surface area contributed by atoms with Gasteiger partial charge in [0.25, 0.3) is 5.91 Å². The predicted octanol–water partition coefficient (Wildman–Crippen LogP) is 0.365. The van der Waals surface area contributed by atoms with Crippen LogP contribution in [0.1, 0.15) is 24.1 Å². The van der Waals surface area contributed by atoms with Crippen molar-refractivity contribution in [2.45, 2.75) is 24.4 Å². The molecular weight excluding hydrogens is 357 g/mol. The van der Waals surface area contributed by atoms with Crippen LogP contribution in [0, 0.1) is 5.82 Å². The Balaban J connectivity index is 1.90. The maximum atomic E-state index is 13.2. The van der Waals surface area contributed by atoms with Gasteiger partial charge in [0.05, 0.1) is 18.0 Å². The molecule has 0 spiro atoms. The third kappa shape index (κ3) is 5.91. The highest BCUT2D eigenvalue weighted by Gasteiger charge is 2.15. The number of rotatable bonds is 7. The zero-order valence-electron chi connectivity index (χ0n) is 14.7. The van der Waals surface area contributed by atoms with Gasteiger partial charge in [-0.15, -0.1) is 0 Å². The number of benzene rings is 2.